The van der Waals surface area contributed by atoms with Gasteiger partial charge in [-0.25, -0.2) is 0 Å². The molecule has 0 unspecified atom stereocenters. The maximum absolute atomic E-state index is 12.3. The minimum atomic E-state index is -0.182. The molecular weight excluding hydrogens is 350 g/mol. The molecule has 0 aliphatic carbocycles. The number of nitrogens with one attached hydrogen (secondary N) is 1. The largest absolute Gasteiger partial charge is 0.348 e. The number of aryl methyl sites for hydroxylation is 2. The Balaban J connectivity index is 1.65. The van der Waals surface area contributed by atoms with Crippen LogP contribution in [0.25, 0.3) is 11.4 Å². The molecule has 26 heavy (non-hydrogen) atoms. The summed E-state index contributed by atoms with van der Waals surface area (Å²) in [6, 6.07) is 13.3. The van der Waals surface area contributed by atoms with Crippen LogP contribution in [-0.4, -0.2) is 26.1 Å². The van der Waals surface area contributed by atoms with E-state index in [-0.39, 0.29) is 18.5 Å². The third-order valence-electron chi connectivity index (χ3n) is 4.26. The molecule has 0 radical (unpaired) electrons. The molecule has 1 heterocycles. The molecular formula is C19H20ClN5O. The van der Waals surface area contributed by atoms with Gasteiger partial charge in [-0.2, -0.15) is 4.80 Å². The normalized spacial score (nSPS) is 12.0. The van der Waals surface area contributed by atoms with Crippen molar-refractivity contribution in [3.63, 3.8) is 0 Å². The molecule has 1 N–H and O–H groups in total. The summed E-state index contributed by atoms with van der Waals surface area (Å²) in [6.07, 6.45) is 0. The van der Waals surface area contributed by atoms with Crippen LogP contribution in [0.5, 0.6) is 0 Å². The maximum atomic E-state index is 12.3. The summed E-state index contributed by atoms with van der Waals surface area (Å²) in [7, 11) is 0. The number of nitrogens with zero attached hydrogens (tertiary/aromatic N) is 4. The molecule has 0 saturated carbocycles. The Morgan fingerprint density at radius 3 is 2.69 bits per heavy atom. The van der Waals surface area contributed by atoms with Gasteiger partial charge in [-0.05, 0) is 54.8 Å². The molecule has 1 amide bonds. The number of benzene rings is 2. The molecule has 0 bridgehead atoms. The lowest BCUT2D eigenvalue weighted by Crippen LogP contribution is -2.30. The quantitative estimate of drug-likeness (QED) is 0.747. The van der Waals surface area contributed by atoms with E-state index in [0.29, 0.717) is 16.4 Å². The maximum Gasteiger partial charge on any atom is 0.244 e. The van der Waals surface area contributed by atoms with E-state index < -0.39 is 0 Å². The Kier molecular flexibility index (Phi) is 5.32. The zero-order valence-corrected chi connectivity index (χ0v) is 15.7. The van der Waals surface area contributed by atoms with Crippen LogP contribution in [-0.2, 0) is 11.3 Å². The smallest absolute Gasteiger partial charge is 0.244 e. The van der Waals surface area contributed by atoms with E-state index in [9.17, 15) is 4.79 Å². The van der Waals surface area contributed by atoms with E-state index in [2.05, 4.69) is 46.7 Å². The van der Waals surface area contributed by atoms with Crippen LogP contribution in [0.1, 0.15) is 29.7 Å². The summed E-state index contributed by atoms with van der Waals surface area (Å²) >= 11 is 6.14. The van der Waals surface area contributed by atoms with E-state index in [0.717, 1.165) is 5.56 Å². The molecule has 1 aromatic heterocycles. The summed E-state index contributed by atoms with van der Waals surface area (Å²) in [6.45, 7) is 6.07. The number of halogens is 1. The molecule has 0 aliphatic rings. The van der Waals surface area contributed by atoms with Gasteiger partial charge in [0.2, 0.25) is 11.7 Å². The molecule has 3 aromatic rings. The Morgan fingerprint density at radius 2 is 1.96 bits per heavy atom. The van der Waals surface area contributed by atoms with Gasteiger partial charge >= 0.3 is 0 Å². The first-order valence-corrected chi connectivity index (χ1v) is 8.71. The lowest BCUT2D eigenvalue weighted by atomic mass is 10.0. The highest BCUT2D eigenvalue weighted by Gasteiger charge is 2.14. The number of carbonyl (C=O) groups excluding carboxylic acids is 1. The Bertz CT molecular complexity index is 937. The van der Waals surface area contributed by atoms with Crippen molar-refractivity contribution in [2.75, 3.05) is 0 Å². The van der Waals surface area contributed by atoms with Crippen LogP contribution in [0.15, 0.2) is 42.5 Å². The molecule has 2 aromatic carbocycles. The van der Waals surface area contributed by atoms with Crippen LogP contribution in [0.4, 0.5) is 0 Å². The molecule has 3 rings (SSSR count). The van der Waals surface area contributed by atoms with Crippen molar-refractivity contribution >= 4 is 17.5 Å². The zero-order valence-electron chi connectivity index (χ0n) is 14.9. The standard InChI is InChI=1S/C19H20ClN5O/c1-12-8-9-15(10-13(12)2)14(3)21-18(26)11-25-23-19(22-24-25)16-6-4-5-7-17(16)20/h4-10,14H,11H2,1-3H3,(H,21,26)/t14-/m0/s1. The summed E-state index contributed by atoms with van der Waals surface area (Å²) in [5, 5.41) is 15.6. The van der Waals surface area contributed by atoms with Crippen molar-refractivity contribution in [3.8, 4) is 11.4 Å². The van der Waals surface area contributed by atoms with Crippen molar-refractivity contribution in [2.45, 2.75) is 33.4 Å². The second kappa shape index (κ2) is 7.66. The summed E-state index contributed by atoms with van der Waals surface area (Å²) in [5.41, 5.74) is 4.17. The predicted octanol–water partition coefficient (Wildman–Crippen LogP) is 3.49. The van der Waals surface area contributed by atoms with Crippen LogP contribution < -0.4 is 5.32 Å². The van der Waals surface area contributed by atoms with Gasteiger partial charge in [0.25, 0.3) is 0 Å². The van der Waals surface area contributed by atoms with Crippen LogP contribution in [0.3, 0.4) is 0 Å². The average Bonchev–Trinajstić information content (AvgIpc) is 3.05. The fraction of sp³-hybridized carbons (Fsp3) is 0.263. The van der Waals surface area contributed by atoms with Gasteiger partial charge in [0.15, 0.2) is 0 Å². The molecule has 134 valence electrons. The van der Waals surface area contributed by atoms with Crippen molar-refractivity contribution in [3.05, 3.63) is 64.2 Å². The van der Waals surface area contributed by atoms with E-state index >= 15 is 0 Å². The summed E-state index contributed by atoms with van der Waals surface area (Å²) in [4.78, 5) is 13.6. The number of aromatic nitrogens is 4. The molecule has 0 spiro atoms. The van der Waals surface area contributed by atoms with Gasteiger partial charge in [-0.3, -0.25) is 4.79 Å². The summed E-state index contributed by atoms with van der Waals surface area (Å²) in [5.74, 6) is 0.212. The van der Waals surface area contributed by atoms with E-state index in [1.54, 1.807) is 6.07 Å². The molecule has 1 atom stereocenters. The van der Waals surface area contributed by atoms with Crippen molar-refractivity contribution in [1.82, 2.24) is 25.5 Å². The Hall–Kier alpha value is -2.73. The first-order chi connectivity index (χ1) is 12.4. The number of hydrogen-bond donors (Lipinski definition) is 1. The Labute approximate surface area is 157 Å². The topological polar surface area (TPSA) is 72.7 Å². The third kappa shape index (κ3) is 4.08. The number of amides is 1. The zero-order chi connectivity index (χ0) is 18.7. The van der Waals surface area contributed by atoms with E-state index in [4.69, 9.17) is 11.6 Å². The second-order valence-electron chi connectivity index (χ2n) is 6.26. The van der Waals surface area contributed by atoms with E-state index in [1.807, 2.05) is 31.2 Å². The van der Waals surface area contributed by atoms with Crippen molar-refractivity contribution in [1.29, 1.82) is 0 Å². The van der Waals surface area contributed by atoms with Gasteiger partial charge < -0.3 is 5.32 Å². The van der Waals surface area contributed by atoms with Gasteiger partial charge in [-0.15, -0.1) is 10.2 Å². The second-order valence-corrected chi connectivity index (χ2v) is 6.66. The number of rotatable bonds is 5. The van der Waals surface area contributed by atoms with Crippen LogP contribution >= 0.6 is 11.6 Å². The highest BCUT2D eigenvalue weighted by atomic mass is 35.5. The minimum absolute atomic E-state index is 0.00731. The highest BCUT2D eigenvalue weighted by Crippen LogP contribution is 2.23. The van der Waals surface area contributed by atoms with Gasteiger partial charge in [-0.1, -0.05) is 41.9 Å². The van der Waals surface area contributed by atoms with Gasteiger partial charge in [0.1, 0.15) is 6.54 Å². The Morgan fingerprint density at radius 1 is 1.19 bits per heavy atom. The molecule has 7 heteroatoms. The monoisotopic (exact) mass is 369 g/mol. The fourth-order valence-corrected chi connectivity index (χ4v) is 2.81. The van der Waals surface area contributed by atoms with E-state index in [1.165, 1.54) is 15.9 Å². The van der Waals surface area contributed by atoms with Crippen LogP contribution in [0.2, 0.25) is 5.02 Å². The van der Waals surface area contributed by atoms with Crippen LogP contribution in [0, 0.1) is 13.8 Å². The third-order valence-corrected chi connectivity index (χ3v) is 4.59. The van der Waals surface area contributed by atoms with Crippen molar-refractivity contribution < 1.29 is 4.79 Å². The predicted molar refractivity (Wildman–Crippen MR) is 101 cm³/mol. The molecule has 0 saturated heterocycles. The summed E-state index contributed by atoms with van der Waals surface area (Å²) < 4.78 is 0. The highest BCUT2D eigenvalue weighted by molar-refractivity contribution is 6.33. The fourth-order valence-electron chi connectivity index (χ4n) is 2.59. The molecule has 0 fully saturated rings. The number of carbonyl (C=O) groups is 1. The SMILES string of the molecule is Cc1ccc([C@H](C)NC(=O)Cn2nnc(-c3ccccc3Cl)n2)cc1C. The first kappa shape index (κ1) is 18.1. The molecule has 0 aliphatic heterocycles. The lowest BCUT2D eigenvalue weighted by molar-refractivity contribution is -0.122. The number of hydrogen-bond acceptors (Lipinski definition) is 4. The minimum Gasteiger partial charge on any atom is -0.348 e. The average molecular weight is 370 g/mol. The lowest BCUT2D eigenvalue weighted by Gasteiger charge is -2.15. The number of tetrazole rings is 1. The van der Waals surface area contributed by atoms with Crippen molar-refractivity contribution in [2.24, 2.45) is 0 Å². The van der Waals surface area contributed by atoms with Gasteiger partial charge in [0, 0.05) is 5.56 Å². The van der Waals surface area contributed by atoms with Gasteiger partial charge in [0.05, 0.1) is 11.1 Å². The first-order valence-electron chi connectivity index (χ1n) is 8.33. The molecule has 6 nitrogen and oxygen atoms in total.